The molecule has 0 unspecified atom stereocenters. The van der Waals surface area contributed by atoms with Gasteiger partial charge in [0.05, 0.1) is 27.0 Å². The van der Waals surface area contributed by atoms with Crippen molar-refractivity contribution in [3.63, 3.8) is 0 Å². The summed E-state index contributed by atoms with van der Waals surface area (Å²) in [4.78, 5) is 4.66. The predicted octanol–water partition coefficient (Wildman–Crippen LogP) is 5.01. The summed E-state index contributed by atoms with van der Waals surface area (Å²) in [5.41, 5.74) is 2.99. The summed E-state index contributed by atoms with van der Waals surface area (Å²) in [5, 5.41) is 3.04. The molecule has 0 N–H and O–H groups in total. The first kappa shape index (κ1) is 17.0. The number of aromatic nitrogens is 1. The van der Waals surface area contributed by atoms with Gasteiger partial charge in [0, 0.05) is 10.9 Å². The Hall–Kier alpha value is -2.79. The number of nitrogens with zero attached hydrogens (tertiary/aromatic N) is 1. The first-order valence-electron chi connectivity index (χ1n) is 7.74. The molecule has 3 rings (SSSR count). The van der Waals surface area contributed by atoms with Crippen LogP contribution in [-0.4, -0.2) is 26.3 Å². The highest BCUT2D eigenvalue weighted by molar-refractivity contribution is 7.13. The minimum Gasteiger partial charge on any atom is -0.493 e. The molecule has 128 valence electrons. The van der Waals surface area contributed by atoms with Crippen LogP contribution in [0.4, 0.5) is 0 Å². The van der Waals surface area contributed by atoms with Gasteiger partial charge in [-0.05, 0) is 23.8 Å². The van der Waals surface area contributed by atoms with Gasteiger partial charge in [-0.15, -0.1) is 11.3 Å². The number of ether oxygens (including phenoxy) is 3. The number of hydrogen-bond donors (Lipinski definition) is 0. The minimum atomic E-state index is 0.585. The molecule has 25 heavy (non-hydrogen) atoms. The fourth-order valence-corrected chi connectivity index (χ4v) is 3.25. The zero-order valence-electron chi connectivity index (χ0n) is 14.4. The van der Waals surface area contributed by atoms with Crippen LogP contribution in [0.2, 0.25) is 0 Å². The van der Waals surface area contributed by atoms with E-state index in [9.17, 15) is 0 Å². The van der Waals surface area contributed by atoms with Crippen LogP contribution in [0, 0.1) is 0 Å². The Bertz CT molecular complexity index is 847. The molecule has 0 fully saturated rings. The Morgan fingerprint density at radius 3 is 2.16 bits per heavy atom. The normalized spacial score (nSPS) is 10.8. The molecule has 0 amide bonds. The van der Waals surface area contributed by atoms with Gasteiger partial charge in [-0.25, -0.2) is 4.98 Å². The van der Waals surface area contributed by atoms with E-state index < -0.39 is 0 Å². The molecule has 0 atom stereocenters. The van der Waals surface area contributed by atoms with Crippen LogP contribution in [-0.2, 0) is 0 Å². The van der Waals surface area contributed by atoms with E-state index in [4.69, 9.17) is 14.2 Å². The Morgan fingerprint density at radius 1 is 0.880 bits per heavy atom. The highest BCUT2D eigenvalue weighted by atomic mass is 32.1. The molecule has 0 saturated heterocycles. The van der Waals surface area contributed by atoms with Gasteiger partial charge in [0.2, 0.25) is 5.75 Å². The molecule has 0 aliphatic rings. The summed E-state index contributed by atoms with van der Waals surface area (Å²) >= 11 is 1.63. The van der Waals surface area contributed by atoms with Gasteiger partial charge < -0.3 is 14.2 Å². The van der Waals surface area contributed by atoms with Crippen LogP contribution < -0.4 is 14.2 Å². The van der Waals surface area contributed by atoms with Gasteiger partial charge in [-0.3, -0.25) is 0 Å². The SMILES string of the molecule is COc1cc(C=Cc2csc(-c3ccccc3)n2)cc(OC)c1OC. The zero-order chi connectivity index (χ0) is 17.6. The third-order valence-electron chi connectivity index (χ3n) is 3.68. The van der Waals surface area contributed by atoms with Gasteiger partial charge in [0.1, 0.15) is 5.01 Å². The summed E-state index contributed by atoms with van der Waals surface area (Å²) < 4.78 is 16.1. The minimum absolute atomic E-state index is 0.585. The molecule has 1 heterocycles. The number of methoxy groups -OCH3 is 3. The maximum atomic E-state index is 5.38. The lowest BCUT2D eigenvalue weighted by molar-refractivity contribution is 0.324. The first-order chi connectivity index (χ1) is 12.2. The molecule has 3 aromatic rings. The van der Waals surface area contributed by atoms with E-state index in [0.29, 0.717) is 17.2 Å². The molecule has 4 nitrogen and oxygen atoms in total. The lowest BCUT2D eigenvalue weighted by Gasteiger charge is -2.12. The second kappa shape index (κ2) is 7.85. The molecule has 0 aliphatic heterocycles. The molecular weight excluding hydrogens is 334 g/mol. The lowest BCUT2D eigenvalue weighted by Crippen LogP contribution is -1.95. The van der Waals surface area contributed by atoms with Crippen LogP contribution in [0.25, 0.3) is 22.7 Å². The fourth-order valence-electron chi connectivity index (χ4n) is 2.46. The molecule has 2 aromatic carbocycles. The van der Waals surface area contributed by atoms with Gasteiger partial charge in [0.15, 0.2) is 11.5 Å². The molecule has 0 saturated carbocycles. The fraction of sp³-hybridized carbons (Fsp3) is 0.150. The van der Waals surface area contributed by atoms with Gasteiger partial charge in [-0.2, -0.15) is 0 Å². The summed E-state index contributed by atoms with van der Waals surface area (Å²) in [5.74, 6) is 1.84. The van der Waals surface area contributed by atoms with Crippen molar-refractivity contribution < 1.29 is 14.2 Å². The summed E-state index contributed by atoms with van der Waals surface area (Å²) in [6.07, 6.45) is 3.96. The van der Waals surface area contributed by atoms with Crippen molar-refractivity contribution in [3.05, 3.63) is 59.1 Å². The van der Waals surface area contributed by atoms with E-state index in [-0.39, 0.29) is 0 Å². The van der Waals surface area contributed by atoms with E-state index in [1.165, 1.54) is 0 Å². The van der Waals surface area contributed by atoms with Crippen molar-refractivity contribution in [2.45, 2.75) is 0 Å². The van der Waals surface area contributed by atoms with Gasteiger partial charge in [-0.1, -0.05) is 36.4 Å². The van der Waals surface area contributed by atoms with Crippen LogP contribution in [0.3, 0.4) is 0 Å². The average molecular weight is 353 g/mol. The van der Waals surface area contributed by atoms with Crippen molar-refractivity contribution in [2.24, 2.45) is 0 Å². The number of thiazole rings is 1. The monoisotopic (exact) mass is 353 g/mol. The Morgan fingerprint density at radius 2 is 1.56 bits per heavy atom. The molecule has 0 spiro atoms. The standard InChI is InChI=1S/C20H19NO3S/c1-22-17-11-14(12-18(23-2)19(17)24-3)9-10-16-13-25-20(21-16)15-7-5-4-6-8-15/h4-13H,1-3H3. The van der Waals surface area contributed by atoms with Crippen molar-refractivity contribution in [3.8, 4) is 27.8 Å². The summed E-state index contributed by atoms with van der Waals surface area (Å²) in [6, 6.07) is 14.0. The molecule has 0 aliphatic carbocycles. The number of benzene rings is 2. The maximum absolute atomic E-state index is 5.38. The second-order valence-corrected chi connectivity index (χ2v) is 6.09. The van der Waals surface area contributed by atoms with E-state index in [1.807, 2.05) is 47.9 Å². The van der Waals surface area contributed by atoms with Crippen molar-refractivity contribution in [1.29, 1.82) is 0 Å². The van der Waals surface area contributed by atoms with Crippen LogP contribution >= 0.6 is 11.3 Å². The second-order valence-electron chi connectivity index (χ2n) is 5.24. The Balaban J connectivity index is 1.86. The quantitative estimate of drug-likeness (QED) is 0.625. The smallest absolute Gasteiger partial charge is 0.203 e. The van der Waals surface area contributed by atoms with Gasteiger partial charge >= 0.3 is 0 Å². The lowest BCUT2D eigenvalue weighted by atomic mass is 10.1. The van der Waals surface area contributed by atoms with Crippen molar-refractivity contribution in [1.82, 2.24) is 4.98 Å². The van der Waals surface area contributed by atoms with E-state index in [0.717, 1.165) is 21.8 Å². The summed E-state index contributed by atoms with van der Waals surface area (Å²) in [7, 11) is 4.81. The third-order valence-corrected chi connectivity index (χ3v) is 4.59. The third kappa shape index (κ3) is 3.83. The Kier molecular flexibility index (Phi) is 5.36. The highest BCUT2D eigenvalue weighted by Gasteiger charge is 2.12. The average Bonchev–Trinajstić information content (AvgIpc) is 3.15. The molecule has 5 heteroatoms. The topological polar surface area (TPSA) is 40.6 Å². The molecule has 0 bridgehead atoms. The maximum Gasteiger partial charge on any atom is 0.203 e. The van der Waals surface area contributed by atoms with Crippen LogP contribution in [0.15, 0.2) is 47.8 Å². The largest absolute Gasteiger partial charge is 0.493 e. The molecule has 1 aromatic heterocycles. The zero-order valence-corrected chi connectivity index (χ0v) is 15.2. The first-order valence-corrected chi connectivity index (χ1v) is 8.62. The van der Waals surface area contributed by atoms with Crippen molar-refractivity contribution in [2.75, 3.05) is 21.3 Å². The van der Waals surface area contributed by atoms with Crippen molar-refractivity contribution >= 4 is 23.5 Å². The van der Waals surface area contributed by atoms with E-state index >= 15 is 0 Å². The van der Waals surface area contributed by atoms with Crippen LogP contribution in [0.5, 0.6) is 17.2 Å². The van der Waals surface area contributed by atoms with E-state index in [2.05, 4.69) is 17.1 Å². The number of rotatable bonds is 6. The van der Waals surface area contributed by atoms with Crippen LogP contribution in [0.1, 0.15) is 11.3 Å². The van der Waals surface area contributed by atoms with Gasteiger partial charge in [0.25, 0.3) is 0 Å². The predicted molar refractivity (Wildman–Crippen MR) is 103 cm³/mol. The highest BCUT2D eigenvalue weighted by Crippen LogP contribution is 2.38. The molecular formula is C20H19NO3S. The summed E-state index contributed by atoms with van der Waals surface area (Å²) in [6.45, 7) is 0. The van der Waals surface area contributed by atoms with E-state index in [1.54, 1.807) is 32.7 Å². The molecule has 0 radical (unpaired) electrons. The Labute approximate surface area is 151 Å². The number of hydrogen-bond acceptors (Lipinski definition) is 5.